The highest BCUT2D eigenvalue weighted by atomic mass is 32.1. The first kappa shape index (κ1) is 16.9. The molecule has 1 aromatic heterocycles. The highest BCUT2D eigenvalue weighted by Crippen LogP contribution is 2.22. The fourth-order valence-corrected chi connectivity index (χ4v) is 2.62. The second-order valence-corrected chi connectivity index (χ2v) is 6.01. The fraction of sp³-hybridized carbons (Fsp3) is 0.105. The van der Waals surface area contributed by atoms with E-state index in [2.05, 4.69) is 21.9 Å². The number of benzene rings is 2. The number of phenolic OH excluding ortho intramolecular Hbond substituents is 1. The maximum atomic E-state index is 10.3. The van der Waals surface area contributed by atoms with E-state index in [9.17, 15) is 5.11 Å². The van der Waals surface area contributed by atoms with Crippen LogP contribution in [-0.4, -0.2) is 26.2 Å². The molecule has 1 heterocycles. The molecule has 0 spiro atoms. The molecular weight excluding hydrogens is 332 g/mol. The third-order valence-electron chi connectivity index (χ3n) is 3.79. The fourth-order valence-electron chi connectivity index (χ4n) is 2.44. The molecule has 3 aromatic rings. The third-order valence-corrected chi connectivity index (χ3v) is 4.05. The third kappa shape index (κ3) is 3.59. The molecule has 0 saturated heterocycles. The number of aromatic hydroxyl groups is 1. The number of H-pyrrole nitrogens is 1. The Morgan fingerprint density at radius 1 is 1.28 bits per heavy atom. The molecule has 0 amide bonds. The van der Waals surface area contributed by atoms with Crippen LogP contribution >= 0.6 is 12.2 Å². The number of nitrogens with zero attached hydrogens (tertiary/aromatic N) is 3. The number of allylic oxidation sites excluding steroid dienone is 1. The minimum Gasteiger partial charge on any atom is -0.507 e. The highest BCUT2D eigenvalue weighted by Gasteiger charge is 2.09. The van der Waals surface area contributed by atoms with E-state index in [0.29, 0.717) is 22.6 Å². The Balaban J connectivity index is 1.99. The topological polar surface area (TPSA) is 66.2 Å². The van der Waals surface area contributed by atoms with Crippen molar-refractivity contribution in [3.63, 3.8) is 0 Å². The van der Waals surface area contributed by atoms with E-state index >= 15 is 0 Å². The number of hydrogen-bond acceptors (Lipinski definition) is 4. The summed E-state index contributed by atoms with van der Waals surface area (Å²) < 4.78 is 1.92. The standard InChI is InChI=1S/C19H18N4OS/c1-3-5-14-6-4-7-16(17(14)24)12-20-23-18(21-22-19(23)25)15-10-8-13(2)9-11-15/h3-4,6-12,24H,1,5H2,2H3,(H,22,25)/b20-12+. The highest BCUT2D eigenvalue weighted by molar-refractivity contribution is 7.71. The Kier molecular flexibility index (Phi) is 4.90. The van der Waals surface area contributed by atoms with Gasteiger partial charge in [-0.3, -0.25) is 0 Å². The minimum atomic E-state index is 0.193. The molecule has 2 aromatic carbocycles. The predicted molar refractivity (Wildman–Crippen MR) is 103 cm³/mol. The molecule has 2 N–H and O–H groups in total. The Labute approximate surface area is 151 Å². The van der Waals surface area contributed by atoms with Crippen LogP contribution in [0.1, 0.15) is 16.7 Å². The molecule has 25 heavy (non-hydrogen) atoms. The number of hydrogen-bond donors (Lipinski definition) is 2. The van der Waals surface area contributed by atoms with Crippen molar-refractivity contribution >= 4 is 18.4 Å². The molecule has 0 radical (unpaired) electrons. The molecule has 0 saturated carbocycles. The molecule has 0 aliphatic carbocycles. The summed E-state index contributed by atoms with van der Waals surface area (Å²) in [5.74, 6) is 0.807. The summed E-state index contributed by atoms with van der Waals surface area (Å²) in [6, 6.07) is 13.5. The van der Waals surface area contributed by atoms with E-state index in [1.807, 2.05) is 43.3 Å². The van der Waals surface area contributed by atoms with Gasteiger partial charge in [-0.25, -0.2) is 5.10 Å². The van der Waals surface area contributed by atoms with Gasteiger partial charge in [0, 0.05) is 11.1 Å². The smallest absolute Gasteiger partial charge is 0.216 e. The van der Waals surface area contributed by atoms with Gasteiger partial charge in [0.05, 0.1) is 6.21 Å². The Bertz CT molecular complexity index is 983. The van der Waals surface area contributed by atoms with Crippen LogP contribution in [0.3, 0.4) is 0 Å². The predicted octanol–water partition coefficient (Wildman–Crippen LogP) is 4.23. The van der Waals surface area contributed by atoms with Crippen molar-refractivity contribution in [3.8, 4) is 17.1 Å². The Morgan fingerprint density at radius 2 is 2.04 bits per heavy atom. The van der Waals surface area contributed by atoms with Crippen molar-refractivity contribution in [2.24, 2.45) is 5.10 Å². The SMILES string of the molecule is C=CCc1cccc(/C=N/n2c(-c3ccc(C)cc3)n[nH]c2=S)c1O. The number of aryl methyl sites for hydroxylation is 1. The van der Waals surface area contributed by atoms with Gasteiger partial charge in [0.15, 0.2) is 5.82 Å². The summed E-state index contributed by atoms with van der Waals surface area (Å²) >= 11 is 5.27. The number of nitrogens with one attached hydrogen (secondary N) is 1. The van der Waals surface area contributed by atoms with Gasteiger partial charge in [0.2, 0.25) is 4.77 Å². The maximum absolute atomic E-state index is 10.3. The van der Waals surface area contributed by atoms with Crippen molar-refractivity contribution < 1.29 is 5.11 Å². The van der Waals surface area contributed by atoms with E-state index in [1.54, 1.807) is 23.0 Å². The van der Waals surface area contributed by atoms with Crippen molar-refractivity contribution in [2.45, 2.75) is 13.3 Å². The molecule has 0 aliphatic rings. The van der Waals surface area contributed by atoms with Gasteiger partial charge in [-0.05, 0) is 37.2 Å². The molecule has 3 rings (SSSR count). The molecular formula is C19H18N4OS. The van der Waals surface area contributed by atoms with Crippen LogP contribution in [0, 0.1) is 11.7 Å². The zero-order valence-corrected chi connectivity index (χ0v) is 14.6. The van der Waals surface area contributed by atoms with Gasteiger partial charge in [-0.2, -0.15) is 14.9 Å². The number of phenols is 1. The van der Waals surface area contributed by atoms with Crippen LogP contribution in [0.2, 0.25) is 0 Å². The lowest BCUT2D eigenvalue weighted by atomic mass is 10.1. The molecule has 0 fully saturated rings. The van der Waals surface area contributed by atoms with Gasteiger partial charge in [-0.15, -0.1) is 6.58 Å². The normalized spacial score (nSPS) is 11.1. The lowest BCUT2D eigenvalue weighted by molar-refractivity contribution is 0.469. The number of rotatable bonds is 5. The van der Waals surface area contributed by atoms with Crippen LogP contribution in [0.15, 0.2) is 60.2 Å². The molecule has 126 valence electrons. The molecule has 0 aliphatic heterocycles. The second kappa shape index (κ2) is 7.27. The number of para-hydroxylation sites is 1. The average molecular weight is 350 g/mol. The first-order valence-electron chi connectivity index (χ1n) is 7.80. The van der Waals surface area contributed by atoms with Crippen LogP contribution in [0.25, 0.3) is 11.4 Å². The number of aromatic amines is 1. The Morgan fingerprint density at radius 3 is 2.76 bits per heavy atom. The van der Waals surface area contributed by atoms with Gasteiger partial charge in [0.1, 0.15) is 5.75 Å². The van der Waals surface area contributed by atoms with Crippen molar-refractivity contribution in [1.29, 1.82) is 0 Å². The summed E-state index contributed by atoms with van der Waals surface area (Å²) in [6.07, 6.45) is 3.91. The molecule has 0 bridgehead atoms. The summed E-state index contributed by atoms with van der Waals surface area (Å²) in [5.41, 5.74) is 3.47. The van der Waals surface area contributed by atoms with Gasteiger partial charge >= 0.3 is 0 Å². The summed E-state index contributed by atoms with van der Waals surface area (Å²) in [4.78, 5) is 0. The maximum Gasteiger partial charge on any atom is 0.216 e. The summed E-state index contributed by atoms with van der Waals surface area (Å²) in [7, 11) is 0. The van der Waals surface area contributed by atoms with Crippen molar-refractivity contribution in [1.82, 2.24) is 14.9 Å². The summed E-state index contributed by atoms with van der Waals surface area (Å²) in [6.45, 7) is 5.73. The monoisotopic (exact) mass is 350 g/mol. The van der Waals surface area contributed by atoms with E-state index in [1.165, 1.54) is 0 Å². The van der Waals surface area contributed by atoms with Crippen molar-refractivity contribution in [2.75, 3.05) is 0 Å². The van der Waals surface area contributed by atoms with Gasteiger partial charge in [-0.1, -0.05) is 48.0 Å². The molecule has 0 unspecified atom stereocenters. The first-order chi connectivity index (χ1) is 12.1. The van der Waals surface area contributed by atoms with Gasteiger partial charge < -0.3 is 5.11 Å². The van der Waals surface area contributed by atoms with E-state index in [0.717, 1.165) is 16.7 Å². The van der Waals surface area contributed by atoms with E-state index in [4.69, 9.17) is 12.2 Å². The zero-order chi connectivity index (χ0) is 17.8. The Hall–Kier alpha value is -2.99. The van der Waals surface area contributed by atoms with Gasteiger partial charge in [0.25, 0.3) is 0 Å². The molecule has 5 nitrogen and oxygen atoms in total. The molecule has 6 heteroatoms. The van der Waals surface area contributed by atoms with E-state index in [-0.39, 0.29) is 5.75 Å². The minimum absolute atomic E-state index is 0.193. The average Bonchev–Trinajstić information content (AvgIpc) is 2.97. The zero-order valence-electron chi connectivity index (χ0n) is 13.8. The lowest BCUT2D eigenvalue weighted by Crippen LogP contribution is -1.96. The van der Waals surface area contributed by atoms with Crippen LogP contribution in [0.4, 0.5) is 0 Å². The van der Waals surface area contributed by atoms with Crippen molar-refractivity contribution in [3.05, 3.63) is 76.6 Å². The number of aromatic nitrogens is 3. The largest absolute Gasteiger partial charge is 0.507 e. The van der Waals surface area contributed by atoms with Crippen LogP contribution < -0.4 is 0 Å². The quantitative estimate of drug-likeness (QED) is 0.411. The van der Waals surface area contributed by atoms with Crippen LogP contribution in [-0.2, 0) is 6.42 Å². The molecule has 0 atom stereocenters. The lowest BCUT2D eigenvalue weighted by Gasteiger charge is -2.05. The second-order valence-electron chi connectivity index (χ2n) is 5.62. The first-order valence-corrected chi connectivity index (χ1v) is 8.21. The van der Waals surface area contributed by atoms with E-state index < -0.39 is 0 Å². The summed E-state index contributed by atoms with van der Waals surface area (Å²) in [5, 5.41) is 21.8. The van der Waals surface area contributed by atoms with Crippen LogP contribution in [0.5, 0.6) is 5.75 Å².